The molecule has 0 amide bonds. The van der Waals surface area contributed by atoms with E-state index in [0.29, 0.717) is 30.9 Å². The third-order valence-corrected chi connectivity index (χ3v) is 5.52. The van der Waals surface area contributed by atoms with Crippen molar-refractivity contribution in [2.45, 2.75) is 12.5 Å². The fourth-order valence-corrected chi connectivity index (χ4v) is 4.30. The molecule has 4 rings (SSSR count). The van der Waals surface area contributed by atoms with Crippen molar-refractivity contribution >= 4 is 29.2 Å². The number of hydrogen-bond donors (Lipinski definition) is 1. The second-order valence-corrected chi connectivity index (χ2v) is 7.11. The molecule has 2 aliphatic heterocycles. The fraction of sp³-hybridized carbons (Fsp3) is 0.333. The van der Waals surface area contributed by atoms with E-state index in [4.69, 9.17) is 4.74 Å². The predicted molar refractivity (Wildman–Crippen MR) is 97.1 cm³/mol. The maximum absolute atomic E-state index is 14.5. The summed E-state index contributed by atoms with van der Waals surface area (Å²) in [5.74, 6) is -1.79. The van der Waals surface area contributed by atoms with Crippen LogP contribution in [0.15, 0.2) is 36.4 Å². The standard InChI is InChI=1S/C18H18F3N3OS/c19-13-3-1-4-14(20)17(13)24-16-6-2-5-15(21)18(16)23(26-24)9-7-12-11-22-8-10-25-12/h1-6,12,22H,7-11H2/t12-/m0/s1. The summed E-state index contributed by atoms with van der Waals surface area (Å²) in [6.07, 6.45) is 0.722. The number of rotatable bonds is 4. The summed E-state index contributed by atoms with van der Waals surface area (Å²) in [6, 6.07) is 8.26. The Morgan fingerprint density at radius 1 is 1.04 bits per heavy atom. The highest BCUT2D eigenvalue weighted by Gasteiger charge is 2.34. The van der Waals surface area contributed by atoms with E-state index in [9.17, 15) is 13.2 Å². The first-order valence-corrected chi connectivity index (χ1v) is 9.19. The van der Waals surface area contributed by atoms with Crippen LogP contribution in [0, 0.1) is 17.5 Å². The molecule has 2 aromatic rings. The lowest BCUT2D eigenvalue weighted by atomic mass is 10.2. The lowest BCUT2D eigenvalue weighted by molar-refractivity contribution is 0.0254. The third-order valence-electron chi connectivity index (χ3n) is 4.41. The SMILES string of the molecule is Fc1cccc2c1N(CC[C@H]1CNCCO1)SN2c1c(F)cccc1F. The van der Waals surface area contributed by atoms with Gasteiger partial charge in [0.05, 0.1) is 30.5 Å². The minimum Gasteiger partial charge on any atom is -0.376 e. The van der Waals surface area contributed by atoms with Crippen LogP contribution >= 0.6 is 12.1 Å². The molecule has 1 atom stereocenters. The van der Waals surface area contributed by atoms with Crippen molar-refractivity contribution < 1.29 is 17.9 Å². The molecule has 1 saturated heterocycles. The van der Waals surface area contributed by atoms with Gasteiger partial charge < -0.3 is 10.1 Å². The minimum atomic E-state index is -0.686. The molecule has 0 unspecified atom stereocenters. The average Bonchev–Trinajstić information content (AvgIpc) is 3.01. The Kier molecular flexibility index (Phi) is 4.97. The van der Waals surface area contributed by atoms with Crippen LogP contribution in [-0.4, -0.2) is 32.3 Å². The first-order valence-electron chi connectivity index (χ1n) is 8.46. The van der Waals surface area contributed by atoms with Crippen LogP contribution < -0.4 is 13.9 Å². The second-order valence-electron chi connectivity index (χ2n) is 6.14. The molecular weight excluding hydrogens is 363 g/mol. The molecule has 0 aromatic heterocycles. The van der Waals surface area contributed by atoms with Gasteiger partial charge in [-0.15, -0.1) is 0 Å². The van der Waals surface area contributed by atoms with Crippen molar-refractivity contribution in [3.63, 3.8) is 0 Å². The van der Waals surface area contributed by atoms with Crippen molar-refractivity contribution in [3.8, 4) is 0 Å². The highest BCUT2D eigenvalue weighted by atomic mass is 32.2. The van der Waals surface area contributed by atoms with Gasteiger partial charge in [0.15, 0.2) is 11.6 Å². The Morgan fingerprint density at radius 3 is 2.42 bits per heavy atom. The topological polar surface area (TPSA) is 27.7 Å². The molecule has 2 heterocycles. The minimum absolute atomic E-state index is 0.0406. The van der Waals surface area contributed by atoms with E-state index < -0.39 is 17.5 Å². The van der Waals surface area contributed by atoms with Gasteiger partial charge in [0, 0.05) is 19.6 Å². The lowest BCUT2D eigenvalue weighted by Gasteiger charge is -2.26. The second kappa shape index (κ2) is 7.38. The van der Waals surface area contributed by atoms with Crippen LogP contribution in [0.1, 0.15) is 6.42 Å². The molecule has 2 aliphatic rings. The number of halogens is 3. The van der Waals surface area contributed by atoms with E-state index in [1.165, 1.54) is 34.6 Å². The quantitative estimate of drug-likeness (QED) is 0.808. The first kappa shape index (κ1) is 17.5. The van der Waals surface area contributed by atoms with Gasteiger partial charge >= 0.3 is 0 Å². The van der Waals surface area contributed by atoms with Crippen LogP contribution in [0.5, 0.6) is 0 Å². The Balaban J connectivity index is 1.62. The maximum Gasteiger partial charge on any atom is 0.150 e. The van der Waals surface area contributed by atoms with Gasteiger partial charge in [-0.2, -0.15) is 0 Å². The Hall–Kier alpha value is -1.90. The molecule has 8 heteroatoms. The van der Waals surface area contributed by atoms with Crippen LogP contribution in [0.25, 0.3) is 0 Å². The molecule has 0 radical (unpaired) electrons. The molecule has 2 aromatic carbocycles. The summed E-state index contributed by atoms with van der Waals surface area (Å²) < 4.78 is 51.8. The number of ether oxygens (including phenoxy) is 1. The van der Waals surface area contributed by atoms with Gasteiger partial charge in [-0.25, -0.2) is 13.2 Å². The van der Waals surface area contributed by atoms with E-state index in [1.54, 1.807) is 10.4 Å². The molecule has 0 saturated carbocycles. The largest absolute Gasteiger partial charge is 0.376 e. The zero-order chi connectivity index (χ0) is 18.1. The van der Waals surface area contributed by atoms with Gasteiger partial charge in [-0.3, -0.25) is 8.61 Å². The highest BCUT2D eigenvalue weighted by Crippen LogP contribution is 2.51. The van der Waals surface area contributed by atoms with Gasteiger partial charge in [0.25, 0.3) is 0 Å². The maximum atomic E-state index is 14.5. The van der Waals surface area contributed by atoms with E-state index in [0.717, 1.165) is 25.2 Å². The lowest BCUT2D eigenvalue weighted by Crippen LogP contribution is -2.39. The molecular formula is C18H18F3N3OS. The van der Waals surface area contributed by atoms with Crippen molar-refractivity contribution in [1.82, 2.24) is 5.32 Å². The Labute approximate surface area is 154 Å². The van der Waals surface area contributed by atoms with Gasteiger partial charge in [-0.05, 0) is 30.7 Å². The van der Waals surface area contributed by atoms with E-state index in [-0.39, 0.29) is 11.8 Å². The summed E-state index contributed by atoms with van der Waals surface area (Å²) in [5, 5.41) is 3.26. The molecule has 4 nitrogen and oxygen atoms in total. The molecule has 1 fully saturated rings. The number of nitrogens with one attached hydrogen (secondary N) is 1. The summed E-state index contributed by atoms with van der Waals surface area (Å²) in [7, 11) is 0. The molecule has 138 valence electrons. The van der Waals surface area contributed by atoms with Crippen molar-refractivity contribution in [1.29, 1.82) is 0 Å². The van der Waals surface area contributed by atoms with Crippen LogP contribution in [-0.2, 0) is 4.74 Å². The Morgan fingerprint density at radius 2 is 1.73 bits per heavy atom. The zero-order valence-corrected chi connectivity index (χ0v) is 14.7. The molecule has 1 N–H and O–H groups in total. The molecule has 26 heavy (non-hydrogen) atoms. The van der Waals surface area contributed by atoms with Crippen LogP contribution in [0.3, 0.4) is 0 Å². The van der Waals surface area contributed by atoms with Gasteiger partial charge in [-0.1, -0.05) is 12.1 Å². The number of morpholine rings is 1. The number of hydrogen-bond acceptors (Lipinski definition) is 5. The summed E-state index contributed by atoms with van der Waals surface area (Å²) in [4.78, 5) is 0. The Bertz CT molecular complexity index is 781. The molecule has 0 spiro atoms. The van der Waals surface area contributed by atoms with Crippen molar-refractivity contribution in [3.05, 3.63) is 53.8 Å². The van der Waals surface area contributed by atoms with Crippen LogP contribution in [0.4, 0.5) is 30.2 Å². The summed E-state index contributed by atoms with van der Waals surface area (Å²) in [5.41, 5.74) is 0.577. The molecule has 0 aliphatic carbocycles. The predicted octanol–water partition coefficient (Wildman–Crippen LogP) is 4.00. The van der Waals surface area contributed by atoms with Gasteiger partial charge in [0.2, 0.25) is 0 Å². The fourth-order valence-electron chi connectivity index (χ4n) is 3.16. The first-order chi connectivity index (χ1) is 12.6. The van der Waals surface area contributed by atoms with Gasteiger partial charge in [0.1, 0.15) is 17.2 Å². The third kappa shape index (κ3) is 3.24. The van der Waals surface area contributed by atoms with E-state index in [1.807, 2.05) is 0 Å². The van der Waals surface area contributed by atoms with E-state index >= 15 is 0 Å². The summed E-state index contributed by atoms with van der Waals surface area (Å²) in [6.45, 7) is 2.72. The van der Waals surface area contributed by atoms with E-state index in [2.05, 4.69) is 5.32 Å². The summed E-state index contributed by atoms with van der Waals surface area (Å²) >= 11 is 1.09. The van der Waals surface area contributed by atoms with Crippen molar-refractivity contribution in [2.24, 2.45) is 0 Å². The smallest absolute Gasteiger partial charge is 0.150 e. The monoisotopic (exact) mass is 381 g/mol. The van der Waals surface area contributed by atoms with Crippen molar-refractivity contribution in [2.75, 3.05) is 34.9 Å². The normalized spacial score (nSPS) is 19.7. The number of para-hydroxylation sites is 2. The zero-order valence-electron chi connectivity index (χ0n) is 13.9. The molecule has 0 bridgehead atoms. The average molecular weight is 381 g/mol. The highest BCUT2D eigenvalue weighted by molar-refractivity contribution is 8.02. The number of benzene rings is 2. The number of fused-ring (bicyclic) bond motifs is 1. The number of nitrogens with zero attached hydrogens (tertiary/aromatic N) is 2. The van der Waals surface area contributed by atoms with Crippen LogP contribution in [0.2, 0.25) is 0 Å². The number of anilines is 3.